The highest BCUT2D eigenvalue weighted by Crippen LogP contribution is 2.20. The molecule has 0 aliphatic heterocycles. The third-order valence-corrected chi connectivity index (χ3v) is 4.12. The third kappa shape index (κ3) is 4.91. The Morgan fingerprint density at radius 3 is 2.66 bits per heavy atom. The summed E-state index contributed by atoms with van der Waals surface area (Å²) < 4.78 is 20.3. The van der Waals surface area contributed by atoms with Crippen LogP contribution in [0.25, 0.3) is 11.4 Å². The number of nitrogens with one attached hydrogen (secondary N) is 1. The summed E-state index contributed by atoms with van der Waals surface area (Å²) in [6, 6.07) is 5.96. The van der Waals surface area contributed by atoms with Crippen LogP contribution in [-0.4, -0.2) is 48.1 Å². The molecule has 0 saturated heterocycles. The van der Waals surface area contributed by atoms with E-state index in [1.807, 2.05) is 0 Å². The van der Waals surface area contributed by atoms with Crippen LogP contribution in [0.5, 0.6) is 5.88 Å². The molecule has 3 heterocycles. The average molecular weight is 400 g/mol. The van der Waals surface area contributed by atoms with Crippen LogP contribution >= 0.6 is 0 Å². The molecule has 152 valence electrons. The van der Waals surface area contributed by atoms with Crippen LogP contribution < -0.4 is 10.1 Å². The molecule has 3 aromatic rings. The summed E-state index contributed by atoms with van der Waals surface area (Å²) in [7, 11) is 1.71. The van der Waals surface area contributed by atoms with Gasteiger partial charge in [-0.1, -0.05) is 5.21 Å². The number of aryl methyl sites for hydroxylation is 1. The van der Waals surface area contributed by atoms with Crippen LogP contribution in [0, 0.1) is 5.82 Å². The van der Waals surface area contributed by atoms with Crippen LogP contribution in [-0.2, 0) is 13.7 Å². The Kier molecular flexibility index (Phi) is 5.83. The van der Waals surface area contributed by atoms with Crippen molar-refractivity contribution in [1.82, 2.24) is 30.3 Å². The Morgan fingerprint density at radius 2 is 2.03 bits per heavy atom. The smallest absolute Gasteiger partial charge is 0.253 e. The number of amides is 1. The second-order valence-electron chi connectivity index (χ2n) is 7.04. The van der Waals surface area contributed by atoms with E-state index in [4.69, 9.17) is 4.74 Å². The highest BCUT2D eigenvalue weighted by molar-refractivity contribution is 5.94. The van der Waals surface area contributed by atoms with E-state index in [1.165, 1.54) is 18.3 Å². The van der Waals surface area contributed by atoms with Gasteiger partial charge < -0.3 is 15.2 Å². The number of aliphatic hydroxyl groups excluding tert-OH is 1. The van der Waals surface area contributed by atoms with Gasteiger partial charge in [-0.3, -0.25) is 9.78 Å². The summed E-state index contributed by atoms with van der Waals surface area (Å²) in [4.78, 5) is 20.3. The monoisotopic (exact) mass is 400 g/mol. The standard InChI is InChI=1S/C19H21FN6O3/c1-19(2,11-27)23-18(28)12-4-7-16(22-8-12)29-10-15-17(24-25-26(15)3)14-6-5-13(20)9-21-14/h4-9,27H,10-11H2,1-3H3,(H,23,28). The van der Waals surface area contributed by atoms with Crippen LogP contribution in [0.15, 0.2) is 36.7 Å². The topological polar surface area (TPSA) is 115 Å². The summed E-state index contributed by atoms with van der Waals surface area (Å²) >= 11 is 0. The summed E-state index contributed by atoms with van der Waals surface area (Å²) in [6.07, 6.45) is 2.50. The molecule has 2 N–H and O–H groups in total. The maximum Gasteiger partial charge on any atom is 0.253 e. The minimum Gasteiger partial charge on any atom is -0.471 e. The molecule has 0 fully saturated rings. The van der Waals surface area contributed by atoms with Crippen molar-refractivity contribution >= 4 is 5.91 Å². The molecule has 0 aliphatic carbocycles. The Hall–Kier alpha value is -3.40. The lowest BCUT2D eigenvalue weighted by Crippen LogP contribution is -2.46. The molecule has 3 rings (SSSR count). The van der Waals surface area contributed by atoms with Gasteiger partial charge in [-0.2, -0.15) is 0 Å². The maximum absolute atomic E-state index is 13.1. The summed E-state index contributed by atoms with van der Waals surface area (Å²) in [6.45, 7) is 3.35. The largest absolute Gasteiger partial charge is 0.471 e. The lowest BCUT2D eigenvalue weighted by atomic mass is 10.1. The second kappa shape index (κ2) is 8.31. The zero-order valence-electron chi connectivity index (χ0n) is 16.3. The SMILES string of the molecule is Cn1nnc(-c2ccc(F)cn2)c1COc1ccc(C(=O)NC(C)(C)CO)cn1. The first kappa shape index (κ1) is 20.3. The van der Waals surface area contributed by atoms with E-state index in [0.29, 0.717) is 28.5 Å². The molecule has 0 unspecified atom stereocenters. The molecule has 0 saturated carbocycles. The Labute approximate surface area is 166 Å². The number of nitrogens with zero attached hydrogens (tertiary/aromatic N) is 5. The zero-order chi connectivity index (χ0) is 21.0. The number of carbonyl (C=O) groups excluding carboxylic acids is 1. The minimum atomic E-state index is -0.733. The van der Waals surface area contributed by atoms with Crippen molar-refractivity contribution in [1.29, 1.82) is 0 Å². The highest BCUT2D eigenvalue weighted by Gasteiger charge is 2.20. The summed E-state index contributed by atoms with van der Waals surface area (Å²) in [5, 5.41) is 20.0. The molecule has 29 heavy (non-hydrogen) atoms. The predicted octanol–water partition coefficient (Wildman–Crippen LogP) is 1.49. The van der Waals surface area contributed by atoms with Gasteiger partial charge in [0, 0.05) is 19.3 Å². The molecular formula is C19H21FN6O3. The minimum absolute atomic E-state index is 0.105. The molecule has 10 heteroatoms. The summed E-state index contributed by atoms with van der Waals surface area (Å²) in [5.41, 5.74) is 1.21. The van der Waals surface area contributed by atoms with E-state index in [1.54, 1.807) is 37.7 Å². The van der Waals surface area contributed by atoms with Crippen LogP contribution in [0.1, 0.15) is 29.9 Å². The van der Waals surface area contributed by atoms with Crippen molar-refractivity contribution in [2.45, 2.75) is 26.0 Å². The first-order valence-corrected chi connectivity index (χ1v) is 8.82. The van der Waals surface area contributed by atoms with Gasteiger partial charge in [-0.05, 0) is 32.0 Å². The van der Waals surface area contributed by atoms with Gasteiger partial charge >= 0.3 is 0 Å². The molecule has 0 aliphatic rings. The van der Waals surface area contributed by atoms with Crippen LogP contribution in [0.4, 0.5) is 4.39 Å². The molecule has 0 atom stereocenters. The van der Waals surface area contributed by atoms with Crippen molar-refractivity contribution in [3.05, 3.63) is 53.7 Å². The summed E-state index contributed by atoms with van der Waals surface area (Å²) in [5.74, 6) is -0.475. The van der Waals surface area contributed by atoms with Crippen LogP contribution in [0.2, 0.25) is 0 Å². The fraction of sp³-hybridized carbons (Fsp3) is 0.316. The van der Waals surface area contributed by atoms with Crippen molar-refractivity contribution in [3.8, 4) is 17.3 Å². The quantitative estimate of drug-likeness (QED) is 0.617. The number of rotatable bonds is 7. The van der Waals surface area contributed by atoms with Gasteiger partial charge in [0.1, 0.15) is 23.8 Å². The van der Waals surface area contributed by atoms with Gasteiger partial charge in [0.15, 0.2) is 0 Å². The van der Waals surface area contributed by atoms with Gasteiger partial charge in [-0.25, -0.2) is 14.1 Å². The van der Waals surface area contributed by atoms with Crippen molar-refractivity contribution in [2.24, 2.45) is 7.05 Å². The van der Waals surface area contributed by atoms with Gasteiger partial charge in [0.2, 0.25) is 5.88 Å². The lowest BCUT2D eigenvalue weighted by molar-refractivity contribution is 0.0869. The maximum atomic E-state index is 13.1. The molecule has 0 radical (unpaired) electrons. The molecule has 3 aromatic heterocycles. The zero-order valence-corrected chi connectivity index (χ0v) is 16.3. The van der Waals surface area contributed by atoms with Gasteiger partial charge in [0.25, 0.3) is 5.91 Å². The van der Waals surface area contributed by atoms with E-state index >= 15 is 0 Å². The van der Waals surface area contributed by atoms with E-state index in [-0.39, 0.29) is 19.1 Å². The number of pyridine rings is 2. The van der Waals surface area contributed by atoms with Gasteiger partial charge in [-0.15, -0.1) is 5.10 Å². The molecule has 1 amide bonds. The molecule has 9 nitrogen and oxygen atoms in total. The van der Waals surface area contributed by atoms with Crippen molar-refractivity contribution < 1.29 is 19.0 Å². The number of ether oxygens (including phenoxy) is 1. The normalized spacial score (nSPS) is 11.3. The van der Waals surface area contributed by atoms with E-state index in [9.17, 15) is 14.3 Å². The fourth-order valence-electron chi connectivity index (χ4n) is 2.41. The first-order valence-electron chi connectivity index (χ1n) is 8.82. The van der Waals surface area contributed by atoms with Crippen molar-refractivity contribution in [2.75, 3.05) is 6.61 Å². The number of aromatic nitrogens is 5. The number of halogens is 1. The first-order chi connectivity index (χ1) is 13.8. The Bertz CT molecular complexity index is 986. The lowest BCUT2D eigenvalue weighted by Gasteiger charge is -2.23. The van der Waals surface area contributed by atoms with E-state index in [2.05, 4.69) is 25.6 Å². The predicted molar refractivity (Wildman–Crippen MR) is 101 cm³/mol. The van der Waals surface area contributed by atoms with Gasteiger partial charge in [0.05, 0.1) is 29.6 Å². The number of hydrogen-bond donors (Lipinski definition) is 2. The average Bonchev–Trinajstić information content (AvgIpc) is 3.07. The highest BCUT2D eigenvalue weighted by atomic mass is 19.1. The second-order valence-corrected chi connectivity index (χ2v) is 7.04. The molecule has 0 aromatic carbocycles. The number of hydrogen-bond acceptors (Lipinski definition) is 7. The van der Waals surface area contributed by atoms with Crippen molar-refractivity contribution in [3.63, 3.8) is 0 Å². The fourth-order valence-corrected chi connectivity index (χ4v) is 2.41. The van der Waals surface area contributed by atoms with E-state index in [0.717, 1.165) is 6.20 Å². The molecular weight excluding hydrogens is 379 g/mol. The molecule has 0 spiro atoms. The molecule has 0 bridgehead atoms. The Morgan fingerprint density at radius 1 is 1.24 bits per heavy atom. The number of aliphatic hydroxyl groups is 1. The van der Waals surface area contributed by atoms with E-state index < -0.39 is 11.4 Å². The van der Waals surface area contributed by atoms with Crippen LogP contribution in [0.3, 0.4) is 0 Å². The number of carbonyl (C=O) groups is 1. The third-order valence-electron chi connectivity index (χ3n) is 4.12. The Balaban J connectivity index is 1.69.